The van der Waals surface area contributed by atoms with Crippen LogP contribution in [0.1, 0.15) is 52.1 Å². The third-order valence-corrected chi connectivity index (χ3v) is 7.94. The van der Waals surface area contributed by atoms with E-state index in [2.05, 4.69) is 36.6 Å². The van der Waals surface area contributed by atoms with Gasteiger partial charge in [-0.3, -0.25) is 18.7 Å². The van der Waals surface area contributed by atoms with Gasteiger partial charge < -0.3 is 0 Å². The molecule has 7 rings (SSSR count). The first-order valence-corrected chi connectivity index (χ1v) is 13.2. The molecule has 0 atom stereocenters. The SMILES string of the molecule is Cn1nc(-c2ccccc2)c2c(C(=O)c3ccccc3)c3c4c(c(-c5ccccc5)cn4c21)C(C)(C)CC3=O. The summed E-state index contributed by atoms with van der Waals surface area (Å²) in [5.41, 5.74) is 7.52. The number of carbonyl (C=O) groups is 2. The van der Waals surface area contributed by atoms with E-state index in [1.54, 1.807) is 0 Å². The average Bonchev–Trinajstić information content (AvgIpc) is 3.52. The Morgan fingerprint density at radius 3 is 2.08 bits per heavy atom. The van der Waals surface area contributed by atoms with Gasteiger partial charge in [0.05, 0.1) is 16.5 Å². The van der Waals surface area contributed by atoms with Crippen LogP contribution in [-0.4, -0.2) is 25.7 Å². The number of Topliss-reactive ketones (excluding diaryl/α,β-unsaturated/α-hetero) is 1. The highest BCUT2D eigenvalue weighted by Crippen LogP contribution is 2.48. The lowest BCUT2D eigenvalue weighted by Crippen LogP contribution is -2.29. The summed E-state index contributed by atoms with van der Waals surface area (Å²) in [6, 6.07) is 29.4. The molecule has 0 saturated heterocycles. The first-order chi connectivity index (χ1) is 18.9. The smallest absolute Gasteiger partial charge is 0.194 e. The van der Waals surface area contributed by atoms with Gasteiger partial charge in [0.25, 0.3) is 0 Å². The lowest BCUT2D eigenvalue weighted by molar-refractivity contribution is 0.0943. The van der Waals surface area contributed by atoms with E-state index in [0.29, 0.717) is 34.2 Å². The summed E-state index contributed by atoms with van der Waals surface area (Å²) in [4.78, 5) is 28.5. The van der Waals surface area contributed by atoms with Gasteiger partial charge in [-0.25, -0.2) is 0 Å². The van der Waals surface area contributed by atoms with Crippen LogP contribution in [0.4, 0.5) is 0 Å². The minimum atomic E-state index is -0.411. The number of pyridine rings is 1. The monoisotopic (exact) mass is 509 g/mol. The van der Waals surface area contributed by atoms with Crippen molar-refractivity contribution in [2.45, 2.75) is 25.7 Å². The summed E-state index contributed by atoms with van der Waals surface area (Å²) >= 11 is 0. The number of fused-ring (bicyclic) bond motifs is 2. The molecule has 6 aromatic rings. The fourth-order valence-corrected chi connectivity index (χ4v) is 6.31. The van der Waals surface area contributed by atoms with Gasteiger partial charge in [0.2, 0.25) is 0 Å². The first kappa shape index (κ1) is 23.4. The van der Waals surface area contributed by atoms with Gasteiger partial charge in [0, 0.05) is 41.9 Å². The molecule has 5 nitrogen and oxygen atoms in total. The van der Waals surface area contributed by atoms with Gasteiger partial charge in [0.1, 0.15) is 11.3 Å². The number of aromatic nitrogens is 3. The molecular weight excluding hydrogens is 482 g/mol. The molecule has 3 aromatic carbocycles. The van der Waals surface area contributed by atoms with Crippen molar-refractivity contribution in [1.29, 1.82) is 0 Å². The Morgan fingerprint density at radius 1 is 0.846 bits per heavy atom. The van der Waals surface area contributed by atoms with Crippen molar-refractivity contribution in [2.75, 3.05) is 0 Å². The minimum Gasteiger partial charge on any atom is -0.300 e. The molecule has 3 heterocycles. The van der Waals surface area contributed by atoms with Gasteiger partial charge in [-0.2, -0.15) is 5.10 Å². The molecule has 0 N–H and O–H groups in total. The molecule has 5 heteroatoms. The van der Waals surface area contributed by atoms with E-state index in [4.69, 9.17) is 5.10 Å². The largest absolute Gasteiger partial charge is 0.300 e. The quantitative estimate of drug-likeness (QED) is 0.235. The molecule has 0 bridgehead atoms. The second kappa shape index (κ2) is 8.37. The second-order valence-electron chi connectivity index (χ2n) is 11.0. The summed E-state index contributed by atoms with van der Waals surface area (Å²) in [7, 11) is 1.91. The number of nitrogens with zero attached hydrogens (tertiary/aromatic N) is 3. The van der Waals surface area contributed by atoms with E-state index in [-0.39, 0.29) is 11.6 Å². The van der Waals surface area contributed by atoms with E-state index >= 15 is 0 Å². The molecule has 0 radical (unpaired) electrons. The molecule has 39 heavy (non-hydrogen) atoms. The summed E-state index contributed by atoms with van der Waals surface area (Å²) in [6.45, 7) is 4.24. The van der Waals surface area contributed by atoms with E-state index in [1.165, 1.54) is 0 Å². The maximum Gasteiger partial charge on any atom is 0.194 e. The number of carbonyl (C=O) groups excluding carboxylic acids is 2. The Labute approximate surface area is 226 Å². The zero-order valence-electron chi connectivity index (χ0n) is 22.1. The molecule has 0 fully saturated rings. The zero-order valence-corrected chi connectivity index (χ0v) is 22.1. The van der Waals surface area contributed by atoms with Gasteiger partial charge >= 0.3 is 0 Å². The fourth-order valence-electron chi connectivity index (χ4n) is 6.31. The lowest BCUT2D eigenvalue weighted by atomic mass is 9.71. The topological polar surface area (TPSA) is 56.4 Å². The molecule has 0 saturated carbocycles. The summed E-state index contributed by atoms with van der Waals surface area (Å²) in [5.74, 6) is -0.177. The van der Waals surface area contributed by atoms with Crippen LogP contribution in [0.5, 0.6) is 0 Å². The lowest BCUT2D eigenvalue weighted by Gasteiger charge is -2.31. The van der Waals surface area contributed by atoms with E-state index < -0.39 is 5.41 Å². The predicted octanol–water partition coefficient (Wildman–Crippen LogP) is 7.26. The van der Waals surface area contributed by atoms with Crippen molar-refractivity contribution in [3.8, 4) is 22.4 Å². The Kier molecular flexibility index (Phi) is 5.01. The number of rotatable bonds is 4. The van der Waals surface area contributed by atoms with Crippen LogP contribution >= 0.6 is 0 Å². The zero-order chi connectivity index (χ0) is 26.9. The molecule has 1 aliphatic rings. The highest BCUT2D eigenvalue weighted by Gasteiger charge is 2.41. The molecule has 0 aliphatic heterocycles. The Bertz CT molecular complexity index is 1930. The number of benzene rings is 3. The number of aryl methyl sites for hydroxylation is 1. The third-order valence-electron chi connectivity index (χ3n) is 7.94. The van der Waals surface area contributed by atoms with E-state index in [9.17, 15) is 9.59 Å². The highest BCUT2D eigenvalue weighted by molar-refractivity contribution is 6.27. The van der Waals surface area contributed by atoms with Crippen molar-refractivity contribution < 1.29 is 9.59 Å². The Balaban J connectivity index is 1.72. The van der Waals surface area contributed by atoms with Gasteiger partial charge in [0.15, 0.2) is 11.6 Å². The molecule has 0 spiro atoms. The number of hydrogen-bond donors (Lipinski definition) is 0. The second-order valence-corrected chi connectivity index (χ2v) is 11.0. The Morgan fingerprint density at radius 2 is 1.44 bits per heavy atom. The number of hydrogen-bond acceptors (Lipinski definition) is 3. The van der Waals surface area contributed by atoms with Crippen molar-refractivity contribution in [1.82, 2.24) is 14.2 Å². The molecule has 0 unspecified atom stereocenters. The first-order valence-electron chi connectivity index (χ1n) is 13.2. The van der Waals surface area contributed by atoms with Crippen LogP contribution < -0.4 is 0 Å². The van der Waals surface area contributed by atoms with Crippen molar-refractivity contribution in [2.24, 2.45) is 7.05 Å². The van der Waals surface area contributed by atoms with Gasteiger partial charge in [-0.15, -0.1) is 0 Å². The normalized spacial score (nSPS) is 14.3. The van der Waals surface area contributed by atoms with Crippen molar-refractivity contribution in [3.05, 3.63) is 119 Å². The molecule has 190 valence electrons. The van der Waals surface area contributed by atoms with Crippen LogP contribution in [0, 0.1) is 0 Å². The van der Waals surface area contributed by atoms with Crippen molar-refractivity contribution >= 4 is 28.1 Å². The number of ketones is 2. The van der Waals surface area contributed by atoms with Crippen LogP contribution in [0.3, 0.4) is 0 Å². The van der Waals surface area contributed by atoms with Crippen LogP contribution in [0.15, 0.2) is 97.2 Å². The standard InChI is InChI=1S/C34H27N3O2/c1-34(2)19-25(38)26-27(32(39)23-17-11-6-12-18-23)28-30(22-15-9-5-10-16-22)35-36(3)33(28)37-20-24(29(34)31(26)37)21-13-7-4-8-14-21/h4-18,20H,19H2,1-3H3. The van der Waals surface area contributed by atoms with Gasteiger partial charge in [-0.05, 0) is 16.5 Å². The fraction of sp³-hybridized carbons (Fsp3) is 0.147. The van der Waals surface area contributed by atoms with Crippen LogP contribution in [0.25, 0.3) is 38.9 Å². The highest BCUT2D eigenvalue weighted by atomic mass is 16.1. The van der Waals surface area contributed by atoms with Crippen molar-refractivity contribution in [3.63, 3.8) is 0 Å². The average molecular weight is 510 g/mol. The maximum atomic E-state index is 14.4. The van der Waals surface area contributed by atoms with E-state index in [1.807, 2.05) is 90.6 Å². The van der Waals surface area contributed by atoms with Gasteiger partial charge in [-0.1, -0.05) is 105 Å². The minimum absolute atomic E-state index is 0.0146. The Hall–Kier alpha value is -4.77. The molecule has 0 amide bonds. The maximum absolute atomic E-state index is 14.4. The molecular formula is C34H27N3O2. The van der Waals surface area contributed by atoms with Crippen LogP contribution in [0.2, 0.25) is 0 Å². The molecule has 3 aromatic heterocycles. The van der Waals surface area contributed by atoms with E-state index in [0.717, 1.165) is 33.4 Å². The van der Waals surface area contributed by atoms with Crippen LogP contribution in [-0.2, 0) is 12.5 Å². The molecule has 1 aliphatic carbocycles. The summed E-state index contributed by atoms with van der Waals surface area (Å²) in [6.07, 6.45) is 2.44. The third kappa shape index (κ3) is 3.36. The predicted molar refractivity (Wildman–Crippen MR) is 154 cm³/mol. The summed E-state index contributed by atoms with van der Waals surface area (Å²) in [5, 5.41) is 5.65. The summed E-state index contributed by atoms with van der Waals surface area (Å²) < 4.78 is 3.94.